The van der Waals surface area contributed by atoms with E-state index in [1.807, 2.05) is 18.2 Å². The van der Waals surface area contributed by atoms with Crippen molar-refractivity contribution in [2.24, 2.45) is 0 Å². The van der Waals surface area contributed by atoms with Crippen LogP contribution in [0.3, 0.4) is 0 Å². The van der Waals surface area contributed by atoms with Gasteiger partial charge < -0.3 is 5.32 Å². The average Bonchev–Trinajstić information content (AvgIpc) is 2.71. The SMILES string of the molecule is CCCCCCCC/C=C\CCCCCCCC(=O)NCCc1ccccn1. The average molecular weight is 387 g/mol. The number of allylic oxidation sites excluding steroid dienone is 2. The lowest BCUT2D eigenvalue weighted by atomic mass is 10.1. The monoisotopic (exact) mass is 386 g/mol. The fourth-order valence-electron chi connectivity index (χ4n) is 3.32. The molecule has 1 N–H and O–H groups in total. The number of rotatable bonds is 18. The molecule has 1 rings (SSSR count). The first-order chi connectivity index (χ1) is 13.8. The van der Waals surface area contributed by atoms with Crippen molar-refractivity contribution in [2.45, 2.75) is 103 Å². The maximum Gasteiger partial charge on any atom is 0.220 e. The normalized spacial score (nSPS) is 11.2. The minimum absolute atomic E-state index is 0.175. The molecule has 0 aromatic carbocycles. The van der Waals surface area contributed by atoms with E-state index < -0.39 is 0 Å². The predicted molar refractivity (Wildman–Crippen MR) is 120 cm³/mol. The van der Waals surface area contributed by atoms with Gasteiger partial charge in [-0.15, -0.1) is 0 Å². The van der Waals surface area contributed by atoms with Crippen molar-refractivity contribution in [3.63, 3.8) is 0 Å². The molecule has 0 saturated heterocycles. The molecule has 0 atom stereocenters. The van der Waals surface area contributed by atoms with E-state index >= 15 is 0 Å². The van der Waals surface area contributed by atoms with Crippen molar-refractivity contribution in [2.75, 3.05) is 6.54 Å². The Morgan fingerprint density at radius 2 is 1.54 bits per heavy atom. The summed E-state index contributed by atoms with van der Waals surface area (Å²) >= 11 is 0. The van der Waals surface area contributed by atoms with E-state index in [2.05, 4.69) is 29.4 Å². The van der Waals surface area contributed by atoms with Gasteiger partial charge in [-0.1, -0.05) is 76.5 Å². The Hall–Kier alpha value is -1.64. The quantitative estimate of drug-likeness (QED) is 0.223. The van der Waals surface area contributed by atoms with Crippen molar-refractivity contribution in [1.29, 1.82) is 0 Å². The van der Waals surface area contributed by atoms with E-state index in [9.17, 15) is 4.79 Å². The zero-order valence-electron chi connectivity index (χ0n) is 18.1. The van der Waals surface area contributed by atoms with E-state index in [4.69, 9.17) is 0 Å². The lowest BCUT2D eigenvalue weighted by Gasteiger charge is -2.05. The molecule has 1 amide bonds. The van der Waals surface area contributed by atoms with E-state index in [-0.39, 0.29) is 5.91 Å². The Kier molecular flexibility index (Phi) is 16.3. The van der Waals surface area contributed by atoms with Crippen molar-refractivity contribution in [3.8, 4) is 0 Å². The molecule has 1 aromatic rings. The van der Waals surface area contributed by atoms with Crippen LogP contribution < -0.4 is 5.32 Å². The Morgan fingerprint density at radius 1 is 0.893 bits per heavy atom. The van der Waals surface area contributed by atoms with Gasteiger partial charge in [-0.3, -0.25) is 9.78 Å². The van der Waals surface area contributed by atoms with Crippen molar-refractivity contribution < 1.29 is 4.79 Å². The number of nitrogens with one attached hydrogen (secondary N) is 1. The van der Waals surface area contributed by atoms with Crippen LogP contribution in [0.15, 0.2) is 36.5 Å². The zero-order chi connectivity index (χ0) is 20.1. The summed E-state index contributed by atoms with van der Waals surface area (Å²) in [6.45, 7) is 2.95. The highest BCUT2D eigenvalue weighted by Gasteiger charge is 2.01. The fraction of sp³-hybridized carbons (Fsp3) is 0.680. The van der Waals surface area contributed by atoms with Gasteiger partial charge >= 0.3 is 0 Å². The number of hydrogen-bond donors (Lipinski definition) is 1. The molecule has 3 nitrogen and oxygen atoms in total. The summed E-state index contributed by atoms with van der Waals surface area (Å²) in [4.78, 5) is 16.1. The second-order valence-electron chi connectivity index (χ2n) is 7.76. The van der Waals surface area contributed by atoms with Crippen LogP contribution in [-0.2, 0) is 11.2 Å². The van der Waals surface area contributed by atoms with Gasteiger partial charge in [0.25, 0.3) is 0 Å². The van der Waals surface area contributed by atoms with Gasteiger partial charge in [0.05, 0.1) is 0 Å². The summed E-state index contributed by atoms with van der Waals surface area (Å²) in [5.41, 5.74) is 1.03. The molecule has 0 fully saturated rings. The van der Waals surface area contributed by atoms with Crippen molar-refractivity contribution in [1.82, 2.24) is 10.3 Å². The largest absolute Gasteiger partial charge is 0.356 e. The molecule has 0 aliphatic rings. The molecule has 0 saturated carbocycles. The van der Waals surface area contributed by atoms with Crippen molar-refractivity contribution in [3.05, 3.63) is 42.2 Å². The van der Waals surface area contributed by atoms with Crippen LogP contribution in [0.2, 0.25) is 0 Å². The molecule has 3 heteroatoms. The number of amides is 1. The summed E-state index contributed by atoms with van der Waals surface area (Å²) < 4.78 is 0. The third-order valence-electron chi connectivity index (χ3n) is 5.10. The van der Waals surface area contributed by atoms with Crippen LogP contribution in [0.25, 0.3) is 0 Å². The predicted octanol–water partition coefficient (Wildman–Crippen LogP) is 6.78. The highest BCUT2D eigenvalue weighted by Crippen LogP contribution is 2.10. The van der Waals surface area contributed by atoms with Crippen LogP contribution >= 0.6 is 0 Å². The van der Waals surface area contributed by atoms with Crippen LogP contribution in [-0.4, -0.2) is 17.4 Å². The molecule has 0 aliphatic carbocycles. The highest BCUT2D eigenvalue weighted by atomic mass is 16.1. The maximum absolute atomic E-state index is 11.8. The highest BCUT2D eigenvalue weighted by molar-refractivity contribution is 5.75. The number of pyridine rings is 1. The van der Waals surface area contributed by atoms with E-state index in [1.165, 1.54) is 70.6 Å². The molecule has 0 radical (unpaired) electrons. The van der Waals surface area contributed by atoms with Gasteiger partial charge in [0.15, 0.2) is 0 Å². The van der Waals surface area contributed by atoms with E-state index in [0.717, 1.165) is 25.0 Å². The van der Waals surface area contributed by atoms with Gasteiger partial charge in [-0.05, 0) is 44.2 Å². The number of unbranched alkanes of at least 4 members (excludes halogenated alkanes) is 11. The molecular formula is C25H42N2O. The first-order valence-electron chi connectivity index (χ1n) is 11.6. The lowest BCUT2D eigenvalue weighted by molar-refractivity contribution is -0.121. The van der Waals surface area contributed by atoms with Gasteiger partial charge in [-0.25, -0.2) is 0 Å². The first-order valence-corrected chi connectivity index (χ1v) is 11.6. The number of nitrogens with zero attached hydrogens (tertiary/aromatic N) is 1. The number of carbonyl (C=O) groups is 1. The van der Waals surface area contributed by atoms with Crippen LogP contribution in [0.1, 0.15) is 103 Å². The standard InChI is InChI=1S/C25H42N2O/c1-2-3-4-5-6-7-8-9-10-11-12-13-14-15-16-20-25(28)27-23-21-24-19-17-18-22-26-24/h9-10,17-19,22H,2-8,11-16,20-21,23H2,1H3,(H,27,28)/b10-9-. The Labute approximate surface area is 173 Å². The molecule has 1 heterocycles. The van der Waals surface area contributed by atoms with E-state index in [0.29, 0.717) is 13.0 Å². The Morgan fingerprint density at radius 3 is 2.18 bits per heavy atom. The van der Waals surface area contributed by atoms with Gasteiger partial charge in [0.1, 0.15) is 0 Å². The first kappa shape index (κ1) is 24.4. The topological polar surface area (TPSA) is 42.0 Å². The summed E-state index contributed by atoms with van der Waals surface area (Å²) in [7, 11) is 0. The number of aromatic nitrogens is 1. The van der Waals surface area contributed by atoms with E-state index in [1.54, 1.807) is 6.20 Å². The molecule has 0 spiro atoms. The molecule has 1 aromatic heterocycles. The fourth-order valence-corrected chi connectivity index (χ4v) is 3.32. The molecule has 0 unspecified atom stereocenters. The molecular weight excluding hydrogens is 344 g/mol. The van der Waals surface area contributed by atoms with Gasteiger partial charge in [0, 0.05) is 31.3 Å². The summed E-state index contributed by atoms with van der Waals surface area (Å²) in [5.74, 6) is 0.175. The smallest absolute Gasteiger partial charge is 0.220 e. The van der Waals surface area contributed by atoms with Crippen molar-refractivity contribution >= 4 is 5.91 Å². The summed E-state index contributed by atoms with van der Waals surface area (Å²) in [6, 6.07) is 5.89. The summed E-state index contributed by atoms with van der Waals surface area (Å²) in [6.07, 6.45) is 24.7. The number of hydrogen-bond acceptors (Lipinski definition) is 2. The van der Waals surface area contributed by atoms with Gasteiger partial charge in [-0.2, -0.15) is 0 Å². The lowest BCUT2D eigenvalue weighted by Crippen LogP contribution is -2.25. The molecule has 28 heavy (non-hydrogen) atoms. The Balaban J connectivity index is 1.81. The summed E-state index contributed by atoms with van der Waals surface area (Å²) in [5, 5.41) is 2.99. The van der Waals surface area contributed by atoms with Crippen LogP contribution in [0, 0.1) is 0 Å². The van der Waals surface area contributed by atoms with Crippen LogP contribution in [0.4, 0.5) is 0 Å². The minimum atomic E-state index is 0.175. The second kappa shape index (κ2) is 18.7. The molecule has 158 valence electrons. The number of carbonyl (C=O) groups excluding carboxylic acids is 1. The maximum atomic E-state index is 11.8. The minimum Gasteiger partial charge on any atom is -0.356 e. The van der Waals surface area contributed by atoms with Crippen LogP contribution in [0.5, 0.6) is 0 Å². The molecule has 0 bridgehead atoms. The zero-order valence-corrected chi connectivity index (χ0v) is 18.1. The van der Waals surface area contributed by atoms with Gasteiger partial charge in [0.2, 0.25) is 5.91 Å². The third-order valence-corrected chi connectivity index (χ3v) is 5.10. The Bertz CT molecular complexity index is 499. The molecule has 0 aliphatic heterocycles. The second-order valence-corrected chi connectivity index (χ2v) is 7.76. The third kappa shape index (κ3) is 15.4.